The fraction of sp³-hybridized carbons (Fsp3) is 0.174. The standard InChI is InChI=1S/C23H18N2O5S/c1-11-9-12(2)18-16(10-11)31-23(24-18)25-19(14-5-4-8-29-14)17(21(27)22(25)28)20(26)15-7-6-13(3)30-15/h4-10,19,27H,1-3H3. The predicted molar refractivity (Wildman–Crippen MR) is 115 cm³/mol. The highest BCUT2D eigenvalue weighted by molar-refractivity contribution is 7.22. The van der Waals surface area contributed by atoms with E-state index in [9.17, 15) is 14.7 Å². The number of furan rings is 2. The lowest BCUT2D eigenvalue weighted by atomic mass is 10.00. The molecule has 0 fully saturated rings. The highest BCUT2D eigenvalue weighted by Gasteiger charge is 2.47. The van der Waals surface area contributed by atoms with Gasteiger partial charge in [-0.25, -0.2) is 4.98 Å². The second-order valence-corrected chi connectivity index (χ2v) is 8.53. The van der Waals surface area contributed by atoms with Crippen molar-refractivity contribution in [1.82, 2.24) is 4.98 Å². The molecule has 0 saturated heterocycles. The van der Waals surface area contributed by atoms with Crippen LogP contribution in [0.2, 0.25) is 0 Å². The number of amides is 1. The van der Waals surface area contributed by atoms with E-state index >= 15 is 0 Å². The maximum absolute atomic E-state index is 13.2. The Balaban J connectivity index is 1.67. The smallest absolute Gasteiger partial charge is 0.296 e. The first-order chi connectivity index (χ1) is 14.8. The van der Waals surface area contributed by atoms with Crippen molar-refractivity contribution in [3.63, 3.8) is 0 Å². The minimum atomic E-state index is -0.956. The number of anilines is 1. The summed E-state index contributed by atoms with van der Waals surface area (Å²) in [6.07, 6.45) is 1.46. The van der Waals surface area contributed by atoms with E-state index < -0.39 is 23.5 Å². The summed E-state index contributed by atoms with van der Waals surface area (Å²) in [7, 11) is 0. The SMILES string of the molecule is Cc1cc(C)c2nc(N3C(=O)C(O)=C(C(=O)c4ccc(C)o4)C3c3ccco3)sc2c1. The van der Waals surface area contributed by atoms with E-state index in [1.165, 1.54) is 28.6 Å². The minimum Gasteiger partial charge on any atom is -0.503 e. The minimum absolute atomic E-state index is 0.0426. The molecule has 0 bridgehead atoms. The van der Waals surface area contributed by atoms with Crippen LogP contribution in [0.5, 0.6) is 0 Å². The molecule has 1 unspecified atom stereocenters. The van der Waals surface area contributed by atoms with Crippen LogP contribution in [0.1, 0.15) is 39.2 Å². The van der Waals surface area contributed by atoms with Crippen molar-refractivity contribution in [2.24, 2.45) is 0 Å². The Morgan fingerprint density at radius 1 is 1.19 bits per heavy atom. The third-order valence-corrected chi connectivity index (χ3v) is 6.26. The van der Waals surface area contributed by atoms with Gasteiger partial charge in [-0.1, -0.05) is 17.4 Å². The van der Waals surface area contributed by atoms with Gasteiger partial charge in [0.15, 0.2) is 16.7 Å². The van der Waals surface area contributed by atoms with E-state index in [0.717, 1.165) is 21.3 Å². The van der Waals surface area contributed by atoms with Crippen LogP contribution in [0.15, 0.2) is 62.8 Å². The highest BCUT2D eigenvalue weighted by Crippen LogP contribution is 2.44. The zero-order chi connectivity index (χ0) is 21.9. The first kappa shape index (κ1) is 19.3. The number of Topliss-reactive ketones (excluding diaryl/α,β-unsaturated/α-hetero) is 1. The summed E-state index contributed by atoms with van der Waals surface area (Å²) in [6, 6.07) is 9.56. The molecule has 0 saturated carbocycles. The molecule has 1 aromatic carbocycles. The Hall–Kier alpha value is -3.65. The molecule has 1 aliphatic rings. The van der Waals surface area contributed by atoms with E-state index in [4.69, 9.17) is 8.83 Å². The lowest BCUT2D eigenvalue weighted by Gasteiger charge is -2.21. The molecular weight excluding hydrogens is 416 g/mol. The van der Waals surface area contributed by atoms with Gasteiger partial charge in [-0.05, 0) is 62.2 Å². The second kappa shape index (κ2) is 6.95. The number of thiazole rings is 1. The lowest BCUT2D eigenvalue weighted by Crippen LogP contribution is -2.30. The van der Waals surface area contributed by atoms with Gasteiger partial charge in [0.05, 0.1) is 22.1 Å². The first-order valence-electron chi connectivity index (χ1n) is 9.64. The second-order valence-electron chi connectivity index (χ2n) is 7.52. The Bertz CT molecular complexity index is 1380. The summed E-state index contributed by atoms with van der Waals surface area (Å²) in [5, 5.41) is 11.1. The quantitative estimate of drug-likeness (QED) is 0.444. The summed E-state index contributed by atoms with van der Waals surface area (Å²) >= 11 is 1.32. The molecule has 1 atom stereocenters. The number of aryl methyl sites for hydroxylation is 3. The summed E-state index contributed by atoms with van der Waals surface area (Å²) in [5.41, 5.74) is 2.75. The zero-order valence-corrected chi connectivity index (χ0v) is 17.8. The number of benzene rings is 1. The number of aliphatic hydroxyl groups is 1. The van der Waals surface area contributed by atoms with Crippen molar-refractivity contribution in [1.29, 1.82) is 0 Å². The van der Waals surface area contributed by atoms with Gasteiger partial charge in [-0.3, -0.25) is 14.5 Å². The highest BCUT2D eigenvalue weighted by atomic mass is 32.1. The van der Waals surface area contributed by atoms with Gasteiger partial charge in [-0.2, -0.15) is 0 Å². The van der Waals surface area contributed by atoms with E-state index in [1.54, 1.807) is 25.1 Å². The van der Waals surface area contributed by atoms with Gasteiger partial charge < -0.3 is 13.9 Å². The van der Waals surface area contributed by atoms with Gasteiger partial charge in [-0.15, -0.1) is 0 Å². The number of aromatic nitrogens is 1. The average molecular weight is 434 g/mol. The van der Waals surface area contributed by atoms with Gasteiger partial charge in [0.2, 0.25) is 5.78 Å². The van der Waals surface area contributed by atoms with Crippen LogP contribution in [0.25, 0.3) is 10.2 Å². The number of hydrogen-bond acceptors (Lipinski definition) is 7. The van der Waals surface area contributed by atoms with Crippen LogP contribution >= 0.6 is 11.3 Å². The third-order valence-electron chi connectivity index (χ3n) is 5.25. The van der Waals surface area contributed by atoms with E-state index in [0.29, 0.717) is 16.7 Å². The Morgan fingerprint density at radius 3 is 2.68 bits per heavy atom. The van der Waals surface area contributed by atoms with Crippen LogP contribution in [0, 0.1) is 20.8 Å². The van der Waals surface area contributed by atoms with Crippen LogP contribution in [-0.2, 0) is 4.79 Å². The molecule has 5 rings (SSSR count). The molecule has 0 radical (unpaired) electrons. The van der Waals surface area contributed by atoms with Crippen LogP contribution in [-0.4, -0.2) is 21.8 Å². The third kappa shape index (κ3) is 2.98. The van der Waals surface area contributed by atoms with Crippen LogP contribution in [0.3, 0.4) is 0 Å². The fourth-order valence-electron chi connectivity index (χ4n) is 3.90. The number of carbonyl (C=O) groups is 2. The number of carbonyl (C=O) groups excluding carboxylic acids is 2. The molecule has 4 heterocycles. The van der Waals surface area contributed by atoms with Crippen molar-refractivity contribution in [2.45, 2.75) is 26.8 Å². The maximum Gasteiger partial charge on any atom is 0.296 e. The summed E-state index contributed by atoms with van der Waals surface area (Å²) in [4.78, 5) is 32.3. The van der Waals surface area contributed by atoms with Crippen LogP contribution < -0.4 is 4.90 Å². The molecule has 1 N–H and O–H groups in total. The molecule has 8 heteroatoms. The van der Waals surface area contributed by atoms with Crippen molar-refractivity contribution in [2.75, 3.05) is 4.90 Å². The molecule has 0 aliphatic carbocycles. The van der Waals surface area contributed by atoms with Crippen molar-refractivity contribution in [3.8, 4) is 0 Å². The molecule has 1 aliphatic heterocycles. The molecular formula is C23H18N2O5S. The van der Waals surface area contributed by atoms with Crippen molar-refractivity contribution < 1.29 is 23.5 Å². The fourth-order valence-corrected chi connectivity index (χ4v) is 5.07. The maximum atomic E-state index is 13.2. The lowest BCUT2D eigenvalue weighted by molar-refractivity contribution is -0.117. The topological polar surface area (TPSA) is 96.8 Å². The summed E-state index contributed by atoms with van der Waals surface area (Å²) < 4.78 is 11.9. The Morgan fingerprint density at radius 2 is 2.00 bits per heavy atom. The number of fused-ring (bicyclic) bond motifs is 1. The molecule has 1 amide bonds. The molecule has 0 spiro atoms. The van der Waals surface area contributed by atoms with E-state index in [-0.39, 0.29) is 11.3 Å². The van der Waals surface area contributed by atoms with Crippen molar-refractivity contribution >= 4 is 38.4 Å². The number of aliphatic hydroxyl groups excluding tert-OH is 1. The largest absolute Gasteiger partial charge is 0.503 e. The van der Waals surface area contributed by atoms with Gasteiger partial charge in [0.25, 0.3) is 5.91 Å². The van der Waals surface area contributed by atoms with Gasteiger partial charge in [0.1, 0.15) is 17.6 Å². The summed E-state index contributed by atoms with van der Waals surface area (Å²) in [5.74, 6) is -0.974. The monoisotopic (exact) mass is 434 g/mol. The molecule has 156 valence electrons. The van der Waals surface area contributed by atoms with Gasteiger partial charge in [0, 0.05) is 0 Å². The number of ketones is 1. The first-order valence-corrected chi connectivity index (χ1v) is 10.5. The average Bonchev–Trinajstić information content (AvgIpc) is 3.49. The Labute approximate surface area is 181 Å². The van der Waals surface area contributed by atoms with E-state index in [2.05, 4.69) is 4.98 Å². The van der Waals surface area contributed by atoms with Crippen LogP contribution in [0.4, 0.5) is 5.13 Å². The van der Waals surface area contributed by atoms with Crippen molar-refractivity contribution in [3.05, 3.63) is 82.4 Å². The zero-order valence-electron chi connectivity index (χ0n) is 17.0. The molecule has 7 nitrogen and oxygen atoms in total. The van der Waals surface area contributed by atoms with E-state index in [1.807, 2.05) is 26.0 Å². The molecule has 3 aromatic heterocycles. The summed E-state index contributed by atoms with van der Waals surface area (Å²) in [6.45, 7) is 5.67. The predicted octanol–water partition coefficient (Wildman–Crippen LogP) is 5.19. The van der Waals surface area contributed by atoms with Gasteiger partial charge >= 0.3 is 0 Å². The number of hydrogen-bond donors (Lipinski definition) is 1. The molecule has 31 heavy (non-hydrogen) atoms. The Kier molecular flexibility index (Phi) is 4.33. The molecule has 4 aromatic rings. The number of nitrogens with zero attached hydrogens (tertiary/aromatic N) is 2. The number of rotatable bonds is 4. The normalized spacial score (nSPS) is 16.7.